The van der Waals surface area contributed by atoms with Crippen molar-refractivity contribution in [1.29, 1.82) is 0 Å². The van der Waals surface area contributed by atoms with Gasteiger partial charge in [-0.3, -0.25) is 24.8 Å². The number of urea groups is 1. The molecule has 2 aromatic rings. The number of amides is 4. The molecule has 1 atom stereocenters. The number of ether oxygens (including phenoxy) is 3. The molecule has 3 aliphatic rings. The molecule has 36 heavy (non-hydrogen) atoms. The smallest absolute Gasteiger partial charge is 0.344 e. The number of carbonyl (C=O) groups excluding carboxylic acids is 3. The van der Waals surface area contributed by atoms with E-state index < -0.39 is 23.4 Å². The minimum atomic E-state index is -1.28. The predicted molar refractivity (Wildman–Crippen MR) is 128 cm³/mol. The molecule has 0 aromatic heterocycles. The molecule has 4 amide bonds. The number of fused-ring (bicyclic) bond motifs is 1. The molecule has 3 aliphatic heterocycles. The number of imide groups is 1. The van der Waals surface area contributed by atoms with E-state index in [-0.39, 0.29) is 13.3 Å². The summed E-state index contributed by atoms with van der Waals surface area (Å²) in [6.45, 7) is 5.72. The molecule has 2 saturated heterocycles. The van der Waals surface area contributed by atoms with Gasteiger partial charge >= 0.3 is 6.03 Å². The summed E-state index contributed by atoms with van der Waals surface area (Å²) in [4.78, 5) is 42.6. The summed E-state index contributed by atoms with van der Waals surface area (Å²) in [5.41, 5.74) is 2.93. The SMILES string of the molecule is COc1ccc(C2(C)NC(=O)N(NC(=O)CN3CCN(Cc4ccc5c(c4)OCO5)CC3)C2=O)cc1. The number of rotatable bonds is 7. The van der Waals surface area contributed by atoms with E-state index in [2.05, 4.69) is 15.6 Å². The molecule has 0 bridgehead atoms. The van der Waals surface area contributed by atoms with E-state index in [1.165, 1.54) is 0 Å². The standard InChI is InChI=1S/C25H29N5O6/c1-25(18-4-6-19(34-2)7-5-18)23(32)30(24(33)26-25)27-22(31)15-29-11-9-28(10-12-29)14-17-3-8-20-21(13-17)36-16-35-20/h3-8,13H,9-12,14-16H2,1-2H3,(H,26,33)(H,27,31). The molecule has 2 N–H and O–H groups in total. The fraction of sp³-hybridized carbons (Fsp3) is 0.400. The largest absolute Gasteiger partial charge is 0.497 e. The molecule has 11 nitrogen and oxygen atoms in total. The van der Waals surface area contributed by atoms with Crippen molar-refractivity contribution in [3.8, 4) is 17.2 Å². The molecule has 2 aromatic carbocycles. The van der Waals surface area contributed by atoms with Gasteiger partial charge < -0.3 is 19.5 Å². The lowest BCUT2D eigenvalue weighted by Crippen LogP contribution is -2.53. The summed E-state index contributed by atoms with van der Waals surface area (Å²) >= 11 is 0. The van der Waals surface area contributed by atoms with Crippen LogP contribution in [0.4, 0.5) is 4.79 Å². The van der Waals surface area contributed by atoms with E-state index in [1.54, 1.807) is 38.3 Å². The monoisotopic (exact) mass is 495 g/mol. The number of nitrogens with one attached hydrogen (secondary N) is 2. The lowest BCUT2D eigenvalue weighted by Gasteiger charge is -2.34. The lowest BCUT2D eigenvalue weighted by atomic mass is 9.92. The summed E-state index contributed by atoms with van der Waals surface area (Å²) in [6.07, 6.45) is 0. The van der Waals surface area contributed by atoms with Gasteiger partial charge in [0.05, 0.1) is 13.7 Å². The molecule has 0 aliphatic carbocycles. The van der Waals surface area contributed by atoms with E-state index in [0.29, 0.717) is 24.4 Å². The summed E-state index contributed by atoms with van der Waals surface area (Å²) in [5.74, 6) is 1.22. The Kier molecular flexibility index (Phi) is 6.42. The zero-order valence-electron chi connectivity index (χ0n) is 20.3. The molecular weight excluding hydrogens is 466 g/mol. The molecule has 1 unspecified atom stereocenters. The van der Waals surface area contributed by atoms with Crippen molar-refractivity contribution in [2.24, 2.45) is 0 Å². The normalized spacial score (nSPS) is 22.0. The Hall–Kier alpha value is -3.83. The van der Waals surface area contributed by atoms with Crippen molar-refractivity contribution in [2.75, 3.05) is 46.6 Å². The summed E-state index contributed by atoms with van der Waals surface area (Å²) < 4.78 is 16.0. The van der Waals surface area contributed by atoms with E-state index in [9.17, 15) is 14.4 Å². The van der Waals surface area contributed by atoms with Crippen LogP contribution in [0.1, 0.15) is 18.1 Å². The zero-order chi connectivity index (χ0) is 25.3. The third-order valence-corrected chi connectivity index (χ3v) is 6.77. The van der Waals surface area contributed by atoms with Crippen LogP contribution in [0.5, 0.6) is 17.2 Å². The Balaban J connectivity index is 1.12. The number of nitrogens with zero attached hydrogens (tertiary/aromatic N) is 3. The van der Waals surface area contributed by atoms with Crippen molar-refractivity contribution >= 4 is 17.8 Å². The Morgan fingerprint density at radius 3 is 2.44 bits per heavy atom. The third-order valence-electron chi connectivity index (χ3n) is 6.77. The van der Waals surface area contributed by atoms with Crippen LogP contribution in [-0.4, -0.2) is 79.3 Å². The number of hydrazine groups is 1. The van der Waals surface area contributed by atoms with Crippen molar-refractivity contribution in [3.05, 3.63) is 53.6 Å². The van der Waals surface area contributed by atoms with Gasteiger partial charge in [0.1, 0.15) is 11.3 Å². The van der Waals surface area contributed by atoms with Crippen LogP contribution in [0.15, 0.2) is 42.5 Å². The second kappa shape index (κ2) is 9.67. The Morgan fingerprint density at radius 2 is 1.72 bits per heavy atom. The van der Waals surface area contributed by atoms with Gasteiger partial charge in [0.2, 0.25) is 6.79 Å². The van der Waals surface area contributed by atoms with Gasteiger partial charge in [0, 0.05) is 32.7 Å². The second-order valence-corrected chi connectivity index (χ2v) is 9.20. The summed E-state index contributed by atoms with van der Waals surface area (Å²) in [5, 5.41) is 3.45. The van der Waals surface area contributed by atoms with Gasteiger partial charge in [-0.15, -0.1) is 0 Å². The maximum Gasteiger partial charge on any atom is 0.344 e. The number of methoxy groups -OCH3 is 1. The van der Waals surface area contributed by atoms with Gasteiger partial charge in [-0.1, -0.05) is 18.2 Å². The average molecular weight is 496 g/mol. The molecule has 0 radical (unpaired) electrons. The van der Waals surface area contributed by atoms with Crippen LogP contribution >= 0.6 is 0 Å². The third kappa shape index (κ3) is 4.67. The van der Waals surface area contributed by atoms with Gasteiger partial charge in [-0.2, -0.15) is 5.01 Å². The van der Waals surface area contributed by atoms with Crippen LogP contribution in [0, 0.1) is 0 Å². The van der Waals surface area contributed by atoms with Crippen LogP contribution in [0.2, 0.25) is 0 Å². The number of piperazine rings is 1. The van der Waals surface area contributed by atoms with Crippen LogP contribution in [0.25, 0.3) is 0 Å². The fourth-order valence-electron chi connectivity index (χ4n) is 4.63. The molecule has 0 saturated carbocycles. The quantitative estimate of drug-likeness (QED) is 0.548. The van der Waals surface area contributed by atoms with E-state index in [1.807, 2.05) is 23.1 Å². The van der Waals surface area contributed by atoms with Crippen molar-refractivity contribution in [2.45, 2.75) is 19.0 Å². The first-order valence-electron chi connectivity index (χ1n) is 11.8. The van der Waals surface area contributed by atoms with E-state index >= 15 is 0 Å². The zero-order valence-corrected chi connectivity index (χ0v) is 20.3. The molecule has 11 heteroatoms. The Bertz CT molecular complexity index is 1160. The Morgan fingerprint density at radius 1 is 1.03 bits per heavy atom. The molecular formula is C25H29N5O6. The highest BCUT2D eigenvalue weighted by molar-refractivity contribution is 6.08. The Labute approximate surface area is 208 Å². The maximum absolute atomic E-state index is 13.1. The number of hydrogen-bond acceptors (Lipinski definition) is 8. The predicted octanol–water partition coefficient (Wildman–Crippen LogP) is 1.04. The van der Waals surface area contributed by atoms with Crippen LogP contribution in [-0.2, 0) is 21.7 Å². The molecule has 3 heterocycles. The highest BCUT2D eigenvalue weighted by Crippen LogP contribution is 2.33. The average Bonchev–Trinajstić information content (AvgIpc) is 3.43. The van der Waals surface area contributed by atoms with Crippen LogP contribution in [0.3, 0.4) is 0 Å². The van der Waals surface area contributed by atoms with Crippen molar-refractivity contribution in [1.82, 2.24) is 25.6 Å². The molecule has 190 valence electrons. The number of benzene rings is 2. The fourth-order valence-corrected chi connectivity index (χ4v) is 4.63. The van der Waals surface area contributed by atoms with Crippen molar-refractivity contribution < 1.29 is 28.6 Å². The van der Waals surface area contributed by atoms with E-state index in [4.69, 9.17) is 14.2 Å². The summed E-state index contributed by atoms with van der Waals surface area (Å²) in [6, 6.07) is 12.1. The summed E-state index contributed by atoms with van der Waals surface area (Å²) in [7, 11) is 1.55. The molecule has 5 rings (SSSR count). The number of carbonyl (C=O) groups is 3. The van der Waals surface area contributed by atoms with Crippen molar-refractivity contribution in [3.63, 3.8) is 0 Å². The van der Waals surface area contributed by atoms with Gasteiger partial charge in [0.25, 0.3) is 11.8 Å². The van der Waals surface area contributed by atoms with E-state index in [0.717, 1.165) is 41.7 Å². The van der Waals surface area contributed by atoms with Gasteiger partial charge in [-0.25, -0.2) is 4.79 Å². The number of hydrogen-bond donors (Lipinski definition) is 2. The first kappa shape index (κ1) is 23.9. The maximum atomic E-state index is 13.1. The molecule has 2 fully saturated rings. The molecule has 0 spiro atoms. The van der Waals surface area contributed by atoms with Gasteiger partial charge in [-0.05, 0) is 42.3 Å². The highest BCUT2D eigenvalue weighted by atomic mass is 16.7. The second-order valence-electron chi connectivity index (χ2n) is 9.20. The van der Waals surface area contributed by atoms with Crippen LogP contribution < -0.4 is 25.0 Å². The topological polar surface area (TPSA) is 113 Å². The van der Waals surface area contributed by atoms with Gasteiger partial charge in [0.15, 0.2) is 11.5 Å². The lowest BCUT2D eigenvalue weighted by molar-refractivity contribution is -0.139. The first-order valence-corrected chi connectivity index (χ1v) is 11.8. The highest BCUT2D eigenvalue weighted by Gasteiger charge is 2.50. The minimum absolute atomic E-state index is 0.0914. The minimum Gasteiger partial charge on any atom is -0.497 e. The first-order chi connectivity index (χ1) is 17.4.